The number of likely N-dealkylation sites (N-methyl/N-ethyl adjacent to an activating group) is 1. The predicted molar refractivity (Wildman–Crippen MR) is 145 cm³/mol. The topological polar surface area (TPSA) is 95.7 Å². The van der Waals surface area contributed by atoms with Crippen molar-refractivity contribution in [3.63, 3.8) is 0 Å². The number of nitrogens with zero attached hydrogens (tertiary/aromatic N) is 2. The number of anilines is 1. The van der Waals surface area contributed by atoms with E-state index in [1.54, 1.807) is 23.6 Å². The predicted octanol–water partition coefficient (Wildman–Crippen LogP) is 3.90. The largest absolute Gasteiger partial charge is 0.344 e. The maximum atomic E-state index is 12.9. The summed E-state index contributed by atoms with van der Waals surface area (Å²) in [7, 11) is 0. The van der Waals surface area contributed by atoms with Crippen LogP contribution in [0, 0.1) is 0 Å². The van der Waals surface area contributed by atoms with Gasteiger partial charge in [0.25, 0.3) is 5.91 Å². The van der Waals surface area contributed by atoms with Crippen molar-refractivity contribution in [3.05, 3.63) is 72.3 Å². The molecule has 3 aromatic carbocycles. The smallest absolute Gasteiger partial charge is 0.259 e. The van der Waals surface area contributed by atoms with Crippen molar-refractivity contribution in [1.29, 1.82) is 0 Å². The first-order valence-electron chi connectivity index (χ1n) is 12.3. The molecule has 36 heavy (non-hydrogen) atoms. The number of carbonyl (C=O) groups excluding carboxylic acids is 3. The zero-order valence-electron chi connectivity index (χ0n) is 20.5. The summed E-state index contributed by atoms with van der Waals surface area (Å²) in [6, 6.07) is 21.1. The van der Waals surface area contributed by atoms with Crippen LogP contribution in [-0.2, 0) is 20.8 Å². The Morgan fingerprint density at radius 1 is 1.08 bits per heavy atom. The van der Waals surface area contributed by atoms with Crippen molar-refractivity contribution in [2.45, 2.75) is 43.5 Å². The minimum atomic E-state index is -0.763. The fourth-order valence-electron chi connectivity index (χ4n) is 4.39. The van der Waals surface area contributed by atoms with E-state index in [9.17, 15) is 14.4 Å². The van der Waals surface area contributed by atoms with Crippen molar-refractivity contribution in [2.24, 2.45) is 5.84 Å². The zero-order chi connectivity index (χ0) is 25.5. The molecule has 0 aromatic heterocycles. The van der Waals surface area contributed by atoms with E-state index in [1.165, 1.54) is 0 Å². The number of nitrogens with two attached hydrogens (primary N) is 1. The molecule has 0 radical (unpaired) electrons. The number of nitrogens with one attached hydrogen (secondary N) is 1. The van der Waals surface area contributed by atoms with Gasteiger partial charge in [-0.3, -0.25) is 19.4 Å². The van der Waals surface area contributed by atoms with Crippen molar-refractivity contribution in [2.75, 3.05) is 23.7 Å². The monoisotopic (exact) mass is 504 g/mol. The Morgan fingerprint density at radius 2 is 1.83 bits per heavy atom. The molecule has 1 aliphatic rings. The molecule has 0 fully saturated rings. The summed E-state index contributed by atoms with van der Waals surface area (Å²) in [6.45, 7) is 2.59. The first-order valence-corrected chi connectivity index (χ1v) is 13.3. The first kappa shape index (κ1) is 25.7. The molecule has 7 nitrogen and oxygen atoms in total. The second-order valence-electron chi connectivity index (χ2n) is 8.85. The van der Waals surface area contributed by atoms with Crippen LogP contribution >= 0.6 is 11.8 Å². The average Bonchev–Trinajstić information content (AvgIpc) is 3.05. The number of hydrazine groups is 1. The molecular formula is C28H32N4O3S. The molecule has 188 valence electrons. The van der Waals surface area contributed by atoms with Gasteiger partial charge in [0.1, 0.15) is 6.04 Å². The molecule has 1 heterocycles. The second-order valence-corrected chi connectivity index (χ2v) is 9.98. The van der Waals surface area contributed by atoms with Crippen molar-refractivity contribution in [3.8, 4) is 0 Å². The van der Waals surface area contributed by atoms with Crippen LogP contribution in [0.2, 0.25) is 0 Å². The van der Waals surface area contributed by atoms with Gasteiger partial charge >= 0.3 is 0 Å². The van der Waals surface area contributed by atoms with E-state index < -0.39 is 6.04 Å². The Bertz CT molecular complexity index is 1250. The average molecular weight is 505 g/mol. The highest BCUT2D eigenvalue weighted by Crippen LogP contribution is 2.34. The third kappa shape index (κ3) is 6.25. The molecule has 3 N–H and O–H groups in total. The maximum absolute atomic E-state index is 12.9. The van der Waals surface area contributed by atoms with Gasteiger partial charge in [-0.1, -0.05) is 54.6 Å². The van der Waals surface area contributed by atoms with Crippen LogP contribution in [-0.4, -0.2) is 47.6 Å². The Labute approximate surface area is 216 Å². The van der Waals surface area contributed by atoms with Crippen LogP contribution in [0.4, 0.5) is 5.69 Å². The number of hydrogen-bond acceptors (Lipinski definition) is 5. The number of hydrogen-bond donors (Lipinski definition) is 2. The van der Waals surface area contributed by atoms with Crippen molar-refractivity contribution < 1.29 is 14.4 Å². The number of benzene rings is 3. The second kappa shape index (κ2) is 12.1. The summed E-state index contributed by atoms with van der Waals surface area (Å²) >= 11 is 1.68. The third-order valence-corrected chi connectivity index (χ3v) is 7.39. The van der Waals surface area contributed by atoms with Crippen LogP contribution in [0.5, 0.6) is 0 Å². The summed E-state index contributed by atoms with van der Waals surface area (Å²) in [4.78, 5) is 41.4. The van der Waals surface area contributed by atoms with Crippen LogP contribution < -0.4 is 16.1 Å². The molecular weight excluding hydrogens is 472 g/mol. The number of para-hydroxylation sites is 1. The van der Waals surface area contributed by atoms with Crippen LogP contribution in [0.3, 0.4) is 0 Å². The Balaban J connectivity index is 1.40. The van der Waals surface area contributed by atoms with Gasteiger partial charge in [-0.15, -0.1) is 11.8 Å². The van der Waals surface area contributed by atoms with Crippen molar-refractivity contribution >= 4 is 45.9 Å². The van der Waals surface area contributed by atoms with E-state index >= 15 is 0 Å². The van der Waals surface area contributed by atoms with Gasteiger partial charge < -0.3 is 10.2 Å². The molecule has 8 heteroatoms. The lowest BCUT2D eigenvalue weighted by atomic mass is 10.0. The molecule has 3 amide bonds. The van der Waals surface area contributed by atoms with Gasteiger partial charge in [-0.25, -0.2) is 5.84 Å². The Kier molecular flexibility index (Phi) is 8.61. The molecule has 0 aliphatic carbocycles. The highest BCUT2D eigenvalue weighted by Gasteiger charge is 2.25. The quantitative estimate of drug-likeness (QED) is 0.262. The number of amides is 3. The van der Waals surface area contributed by atoms with Crippen LogP contribution in [0.25, 0.3) is 10.8 Å². The number of rotatable bonds is 9. The highest BCUT2D eigenvalue weighted by atomic mass is 32.2. The van der Waals surface area contributed by atoms with Gasteiger partial charge in [-0.05, 0) is 41.8 Å². The fourth-order valence-corrected chi connectivity index (χ4v) is 5.38. The minimum Gasteiger partial charge on any atom is -0.344 e. The zero-order valence-corrected chi connectivity index (χ0v) is 21.3. The van der Waals surface area contributed by atoms with E-state index in [0.717, 1.165) is 37.7 Å². The van der Waals surface area contributed by atoms with Crippen LogP contribution in [0.15, 0.2) is 71.6 Å². The fraction of sp³-hybridized carbons (Fsp3) is 0.321. The van der Waals surface area contributed by atoms with E-state index in [4.69, 9.17) is 5.84 Å². The summed E-state index contributed by atoms with van der Waals surface area (Å²) in [5.41, 5.74) is 1.85. The molecule has 0 saturated carbocycles. The number of thioether (sulfide) groups is 1. The molecule has 1 aliphatic heterocycles. The van der Waals surface area contributed by atoms with Crippen LogP contribution in [0.1, 0.15) is 31.7 Å². The van der Waals surface area contributed by atoms with Gasteiger partial charge in [0.15, 0.2) is 0 Å². The van der Waals surface area contributed by atoms with Gasteiger partial charge in [0, 0.05) is 43.0 Å². The molecule has 1 atom stereocenters. The van der Waals surface area contributed by atoms with E-state index in [1.807, 2.05) is 66.7 Å². The summed E-state index contributed by atoms with van der Waals surface area (Å²) < 4.78 is 0. The number of fused-ring (bicyclic) bond motifs is 2. The SMILES string of the molecule is CCN(N)C(=O)C(Cc1ccc2ccccc2c1)NC(=O)CCCN1C(=O)CCSc2ccccc21. The molecule has 0 saturated heterocycles. The summed E-state index contributed by atoms with van der Waals surface area (Å²) in [5.74, 6) is 6.15. The molecule has 4 rings (SSSR count). The lowest BCUT2D eigenvalue weighted by Gasteiger charge is -2.24. The van der Waals surface area contributed by atoms with Gasteiger partial charge in [-0.2, -0.15) is 0 Å². The highest BCUT2D eigenvalue weighted by molar-refractivity contribution is 7.99. The van der Waals surface area contributed by atoms with Gasteiger partial charge in [0.05, 0.1) is 5.69 Å². The van der Waals surface area contributed by atoms with Crippen molar-refractivity contribution in [1.82, 2.24) is 10.3 Å². The third-order valence-electron chi connectivity index (χ3n) is 6.33. The summed E-state index contributed by atoms with van der Waals surface area (Å²) in [6.07, 6.45) is 1.51. The molecule has 3 aromatic rings. The maximum Gasteiger partial charge on any atom is 0.259 e. The van der Waals surface area contributed by atoms with E-state index in [2.05, 4.69) is 5.32 Å². The first-order chi connectivity index (χ1) is 17.5. The normalized spacial score (nSPS) is 14.2. The summed E-state index contributed by atoms with van der Waals surface area (Å²) in [5, 5.41) is 6.22. The standard InChI is InChI=1S/C28H32N4O3S/c1-2-32(29)28(35)23(19-20-13-14-21-8-3-4-9-22(21)18-20)30-26(33)12-7-16-31-24-10-5-6-11-25(24)36-17-15-27(31)34/h3-6,8-11,13-14,18,23H,2,7,12,15-17,19,29H2,1H3,(H,30,33). The minimum absolute atomic E-state index is 0.0685. The van der Waals surface area contributed by atoms with Gasteiger partial charge in [0.2, 0.25) is 11.8 Å². The Hall–Kier alpha value is -3.36. The molecule has 0 spiro atoms. The number of carbonyl (C=O) groups is 3. The lowest BCUT2D eigenvalue weighted by molar-refractivity contribution is -0.136. The van der Waals surface area contributed by atoms with E-state index in [0.29, 0.717) is 32.4 Å². The van der Waals surface area contributed by atoms with E-state index in [-0.39, 0.29) is 24.1 Å². The lowest BCUT2D eigenvalue weighted by Crippen LogP contribution is -2.52. The molecule has 0 bridgehead atoms. The molecule has 1 unspecified atom stereocenters. The Morgan fingerprint density at radius 3 is 2.64 bits per heavy atom.